The number of aliphatic hydroxyl groups excluding tert-OH is 1. The second-order valence-electron chi connectivity index (χ2n) is 8.31. The number of aliphatic hydroxyl groups is 1. The molecule has 0 aliphatic heterocycles. The van der Waals surface area contributed by atoms with E-state index in [-0.39, 0.29) is 31.0 Å². The smallest absolute Gasteiger partial charge is 0.260 e. The Morgan fingerprint density at radius 2 is 1.78 bits per heavy atom. The molecule has 8 heteroatoms. The molecule has 0 bridgehead atoms. The van der Waals surface area contributed by atoms with E-state index in [0.29, 0.717) is 24.3 Å². The van der Waals surface area contributed by atoms with Gasteiger partial charge in [0.05, 0.1) is 0 Å². The summed E-state index contributed by atoms with van der Waals surface area (Å²) in [6.07, 6.45) is 3.63. The Hall–Kier alpha value is -2.05. The van der Waals surface area contributed by atoms with Crippen LogP contribution in [0.15, 0.2) is 54.6 Å². The third-order valence-corrected chi connectivity index (χ3v) is 9.08. The Morgan fingerprint density at radius 3 is 2.44 bits per heavy atom. The fourth-order valence-electron chi connectivity index (χ4n) is 4.15. The molecule has 0 amide bonds. The number of phenolic OH excluding ortho intramolecular Hbond substituents is 1. The van der Waals surface area contributed by atoms with Crippen molar-refractivity contribution in [3.05, 3.63) is 54.6 Å². The predicted octanol–water partition coefficient (Wildman–Crippen LogP) is 4.47. The molecule has 0 saturated heterocycles. The fraction of sp³-hybridized carbons (Fsp3) is 0.500. The second kappa shape index (κ2) is 11.2. The van der Waals surface area contributed by atoms with Gasteiger partial charge in [-0.1, -0.05) is 50.5 Å². The van der Waals surface area contributed by atoms with Crippen molar-refractivity contribution in [2.45, 2.75) is 62.7 Å². The SMILES string of the molecule is CCC(NCC(O)COc1cccc(O)c1)(Oc1ccccc1)P(=O)(O)C1CCCCC1. The summed E-state index contributed by atoms with van der Waals surface area (Å²) in [5, 5.41) is 23.1. The van der Waals surface area contributed by atoms with Crippen LogP contribution in [0.3, 0.4) is 0 Å². The molecule has 1 fully saturated rings. The molecule has 176 valence electrons. The van der Waals surface area contributed by atoms with Gasteiger partial charge in [-0.05, 0) is 37.1 Å². The Bertz CT molecular complexity index is 889. The van der Waals surface area contributed by atoms with Gasteiger partial charge in [-0.2, -0.15) is 0 Å². The summed E-state index contributed by atoms with van der Waals surface area (Å²) in [6.45, 7) is 1.79. The van der Waals surface area contributed by atoms with E-state index in [0.717, 1.165) is 19.3 Å². The van der Waals surface area contributed by atoms with E-state index in [2.05, 4.69) is 5.32 Å². The maximum absolute atomic E-state index is 13.9. The molecule has 1 saturated carbocycles. The monoisotopic (exact) mass is 463 g/mol. The van der Waals surface area contributed by atoms with E-state index >= 15 is 0 Å². The molecule has 3 unspecified atom stereocenters. The van der Waals surface area contributed by atoms with E-state index in [4.69, 9.17) is 9.47 Å². The van der Waals surface area contributed by atoms with Crippen LogP contribution in [0, 0.1) is 0 Å². The molecule has 1 aliphatic carbocycles. The van der Waals surface area contributed by atoms with Crippen molar-refractivity contribution in [2.24, 2.45) is 0 Å². The van der Waals surface area contributed by atoms with Crippen molar-refractivity contribution < 1.29 is 29.1 Å². The zero-order valence-corrected chi connectivity index (χ0v) is 19.4. The van der Waals surface area contributed by atoms with Crippen molar-refractivity contribution >= 4 is 7.37 Å². The first kappa shape index (κ1) is 24.6. The molecule has 0 aromatic heterocycles. The van der Waals surface area contributed by atoms with Crippen molar-refractivity contribution in [3.8, 4) is 17.2 Å². The van der Waals surface area contributed by atoms with Gasteiger partial charge in [0.2, 0.25) is 5.47 Å². The summed E-state index contributed by atoms with van der Waals surface area (Å²) < 4.78 is 25.6. The molecular weight excluding hydrogens is 429 g/mol. The van der Waals surface area contributed by atoms with Crippen LogP contribution in [0.5, 0.6) is 17.2 Å². The van der Waals surface area contributed by atoms with Crippen LogP contribution in [0.2, 0.25) is 0 Å². The van der Waals surface area contributed by atoms with E-state index in [1.165, 1.54) is 12.1 Å². The largest absolute Gasteiger partial charge is 0.508 e. The van der Waals surface area contributed by atoms with Crippen molar-refractivity contribution in [1.82, 2.24) is 5.32 Å². The van der Waals surface area contributed by atoms with Crippen LogP contribution in [0.1, 0.15) is 45.4 Å². The molecule has 7 nitrogen and oxygen atoms in total. The number of benzene rings is 2. The minimum absolute atomic E-state index is 0.0107. The lowest BCUT2D eigenvalue weighted by molar-refractivity contribution is 0.0545. The zero-order chi connectivity index (χ0) is 23.0. The molecule has 4 N–H and O–H groups in total. The second-order valence-corrected chi connectivity index (χ2v) is 11.0. The Labute approximate surface area is 189 Å². The molecule has 0 heterocycles. The number of phenols is 1. The van der Waals surface area contributed by atoms with Crippen LogP contribution < -0.4 is 14.8 Å². The molecule has 0 radical (unpaired) electrons. The summed E-state index contributed by atoms with van der Waals surface area (Å²) in [6, 6.07) is 15.3. The Morgan fingerprint density at radius 1 is 1.09 bits per heavy atom. The van der Waals surface area contributed by atoms with Gasteiger partial charge in [-0.25, -0.2) is 0 Å². The molecule has 2 aromatic carbocycles. The predicted molar refractivity (Wildman–Crippen MR) is 124 cm³/mol. The average molecular weight is 464 g/mol. The third-order valence-electron chi connectivity index (χ3n) is 5.97. The van der Waals surface area contributed by atoms with Gasteiger partial charge in [0.1, 0.15) is 30.0 Å². The summed E-state index contributed by atoms with van der Waals surface area (Å²) in [4.78, 5) is 11.4. The highest BCUT2D eigenvalue weighted by molar-refractivity contribution is 7.60. The van der Waals surface area contributed by atoms with E-state index < -0.39 is 18.9 Å². The summed E-state index contributed by atoms with van der Waals surface area (Å²) in [7, 11) is -3.83. The summed E-state index contributed by atoms with van der Waals surface area (Å²) >= 11 is 0. The lowest BCUT2D eigenvalue weighted by Gasteiger charge is -2.42. The summed E-state index contributed by atoms with van der Waals surface area (Å²) in [5.41, 5.74) is -1.85. The molecule has 32 heavy (non-hydrogen) atoms. The van der Waals surface area contributed by atoms with E-state index in [1.807, 2.05) is 25.1 Å². The average Bonchev–Trinajstić information content (AvgIpc) is 2.81. The molecular formula is C24H34NO6P. The first-order valence-corrected chi connectivity index (χ1v) is 13.0. The topological polar surface area (TPSA) is 108 Å². The third kappa shape index (κ3) is 6.04. The summed E-state index contributed by atoms with van der Waals surface area (Å²) in [5.74, 6) is 1.00. The van der Waals surface area contributed by atoms with Crippen LogP contribution >= 0.6 is 7.37 Å². The number of ether oxygens (including phenoxy) is 2. The standard InChI is InChI=1S/C24H34NO6P/c1-2-24(31-21-11-5-3-6-12-21,32(28,29)23-14-7-4-8-15-23)25-17-20(27)18-30-22-13-9-10-19(26)16-22/h3,5-6,9-13,16,20,23,25-27H,2,4,7-8,14-15,17-18H2,1H3,(H,28,29). The van der Waals surface area contributed by atoms with Gasteiger partial charge in [0.15, 0.2) is 0 Å². The van der Waals surface area contributed by atoms with Crippen molar-refractivity contribution in [3.63, 3.8) is 0 Å². The number of hydrogen-bond acceptors (Lipinski definition) is 6. The zero-order valence-electron chi connectivity index (χ0n) is 18.5. The van der Waals surface area contributed by atoms with Gasteiger partial charge in [-0.3, -0.25) is 9.88 Å². The van der Waals surface area contributed by atoms with Gasteiger partial charge in [0.25, 0.3) is 7.37 Å². The van der Waals surface area contributed by atoms with E-state index in [9.17, 15) is 19.7 Å². The van der Waals surface area contributed by atoms with Crippen LogP contribution in [0.4, 0.5) is 0 Å². The maximum atomic E-state index is 13.9. The minimum Gasteiger partial charge on any atom is -0.508 e. The van der Waals surface area contributed by atoms with Gasteiger partial charge in [-0.15, -0.1) is 0 Å². The molecule has 0 spiro atoms. The fourth-order valence-corrected chi connectivity index (χ4v) is 6.81. The first-order chi connectivity index (χ1) is 15.4. The molecule has 2 aromatic rings. The number of hydrogen-bond donors (Lipinski definition) is 4. The highest BCUT2D eigenvalue weighted by Crippen LogP contribution is 2.62. The van der Waals surface area contributed by atoms with Gasteiger partial charge in [0, 0.05) is 24.7 Å². The maximum Gasteiger partial charge on any atom is 0.260 e. The van der Waals surface area contributed by atoms with Crippen LogP contribution in [-0.2, 0) is 4.57 Å². The molecule has 3 rings (SSSR count). The number of nitrogens with one attached hydrogen (secondary N) is 1. The quantitative estimate of drug-likeness (QED) is 0.288. The van der Waals surface area contributed by atoms with E-state index in [1.54, 1.807) is 24.3 Å². The van der Waals surface area contributed by atoms with Crippen molar-refractivity contribution in [1.29, 1.82) is 0 Å². The first-order valence-electron chi connectivity index (χ1n) is 11.3. The normalized spacial score (nSPS) is 19.5. The Balaban J connectivity index is 1.74. The number of aromatic hydroxyl groups is 1. The molecule has 3 atom stereocenters. The minimum atomic E-state index is -3.83. The molecule has 1 aliphatic rings. The highest BCUT2D eigenvalue weighted by Gasteiger charge is 2.53. The number of rotatable bonds is 11. The lowest BCUT2D eigenvalue weighted by Crippen LogP contribution is -2.54. The van der Waals surface area contributed by atoms with Gasteiger partial charge >= 0.3 is 0 Å². The van der Waals surface area contributed by atoms with Crippen LogP contribution in [0.25, 0.3) is 0 Å². The lowest BCUT2D eigenvalue weighted by atomic mass is 10.0. The Kier molecular flexibility index (Phi) is 8.60. The number of para-hydroxylation sites is 1. The van der Waals surface area contributed by atoms with Crippen molar-refractivity contribution in [2.75, 3.05) is 13.2 Å². The van der Waals surface area contributed by atoms with Gasteiger partial charge < -0.3 is 24.6 Å². The highest BCUT2D eigenvalue weighted by atomic mass is 31.2. The van der Waals surface area contributed by atoms with Crippen LogP contribution in [-0.4, -0.2) is 45.5 Å².